The smallest absolute Gasteiger partial charge is 0.0219 e. The molecule has 13 heavy (non-hydrogen) atoms. The maximum absolute atomic E-state index is 2.36. The summed E-state index contributed by atoms with van der Waals surface area (Å²) >= 11 is 0. The quantitative estimate of drug-likeness (QED) is 0.605. The molecule has 0 aromatic heterocycles. The third-order valence-corrected chi connectivity index (χ3v) is 2.71. The van der Waals surface area contributed by atoms with E-state index < -0.39 is 0 Å². The maximum Gasteiger partial charge on any atom is -0.0219 e. The Morgan fingerprint density at radius 2 is 2.08 bits per heavy atom. The molecule has 1 aliphatic carbocycles. The second-order valence-corrected chi connectivity index (χ2v) is 4.05. The summed E-state index contributed by atoms with van der Waals surface area (Å²) in [7, 11) is 0. The van der Waals surface area contributed by atoms with Crippen molar-refractivity contribution in [2.45, 2.75) is 32.6 Å². The minimum absolute atomic E-state index is 0.649. The molecule has 0 N–H and O–H groups in total. The Balaban J connectivity index is 2.42. The van der Waals surface area contributed by atoms with Crippen molar-refractivity contribution in [3.8, 4) is 0 Å². The first kappa shape index (κ1) is 8.55. The molecule has 0 radical (unpaired) electrons. The molecule has 0 amide bonds. The Morgan fingerprint density at radius 1 is 1.23 bits per heavy atom. The highest BCUT2D eigenvalue weighted by Gasteiger charge is 2.06. The number of benzene rings is 1. The van der Waals surface area contributed by atoms with Gasteiger partial charge in [0, 0.05) is 0 Å². The third kappa shape index (κ3) is 1.67. The van der Waals surface area contributed by atoms with Gasteiger partial charge in [-0.15, -0.1) is 0 Å². The summed E-state index contributed by atoms with van der Waals surface area (Å²) in [4.78, 5) is 0. The molecule has 0 spiro atoms. The van der Waals surface area contributed by atoms with Crippen LogP contribution in [0.2, 0.25) is 0 Å². The lowest BCUT2D eigenvalue weighted by atomic mass is 9.92. The highest BCUT2D eigenvalue weighted by molar-refractivity contribution is 5.57. The van der Waals surface area contributed by atoms with Crippen molar-refractivity contribution in [2.75, 3.05) is 0 Å². The van der Waals surface area contributed by atoms with Crippen molar-refractivity contribution in [1.82, 2.24) is 0 Å². The Bertz CT molecular complexity index is 332. The fraction of sp³-hybridized carbons (Fsp3) is 0.385. The molecule has 0 saturated carbocycles. The van der Waals surface area contributed by atoms with Gasteiger partial charge in [0.1, 0.15) is 0 Å². The summed E-state index contributed by atoms with van der Waals surface area (Å²) in [5, 5.41) is 0. The number of fused-ring (bicyclic) bond motifs is 1. The topological polar surface area (TPSA) is 0 Å². The minimum atomic E-state index is 0.649. The molecule has 0 aliphatic heterocycles. The second kappa shape index (κ2) is 3.37. The molecule has 2 rings (SSSR count). The van der Waals surface area contributed by atoms with Gasteiger partial charge in [-0.3, -0.25) is 0 Å². The van der Waals surface area contributed by atoms with Gasteiger partial charge < -0.3 is 0 Å². The van der Waals surface area contributed by atoms with E-state index in [2.05, 4.69) is 44.2 Å². The molecular formula is C13H16. The normalized spacial score (nSPS) is 14.7. The third-order valence-electron chi connectivity index (χ3n) is 2.71. The Morgan fingerprint density at radius 3 is 2.85 bits per heavy atom. The molecule has 1 aromatic rings. The van der Waals surface area contributed by atoms with Gasteiger partial charge in [0.15, 0.2) is 0 Å². The van der Waals surface area contributed by atoms with E-state index in [1.54, 1.807) is 0 Å². The lowest BCUT2D eigenvalue weighted by Crippen LogP contribution is -1.96. The van der Waals surface area contributed by atoms with Crippen molar-refractivity contribution in [3.63, 3.8) is 0 Å². The van der Waals surface area contributed by atoms with Crippen LogP contribution in [0.3, 0.4) is 0 Å². The van der Waals surface area contributed by atoms with Gasteiger partial charge in [0.2, 0.25) is 0 Å². The van der Waals surface area contributed by atoms with Crippen molar-refractivity contribution in [1.29, 1.82) is 0 Å². The van der Waals surface area contributed by atoms with E-state index in [4.69, 9.17) is 0 Å². The fourth-order valence-corrected chi connectivity index (χ4v) is 1.81. The van der Waals surface area contributed by atoms with Crippen LogP contribution >= 0.6 is 0 Å². The van der Waals surface area contributed by atoms with Crippen molar-refractivity contribution >= 4 is 6.08 Å². The minimum Gasteiger partial charge on any atom is -0.0836 e. The average Bonchev–Trinajstić information content (AvgIpc) is 2.17. The highest BCUT2D eigenvalue weighted by Crippen LogP contribution is 2.23. The summed E-state index contributed by atoms with van der Waals surface area (Å²) in [6, 6.07) is 6.86. The van der Waals surface area contributed by atoms with Crippen LogP contribution < -0.4 is 0 Å². The molecule has 0 heterocycles. The van der Waals surface area contributed by atoms with Crippen LogP contribution in [0.1, 0.15) is 42.9 Å². The van der Waals surface area contributed by atoms with Gasteiger partial charge in [-0.2, -0.15) is 0 Å². The number of hydrogen-bond acceptors (Lipinski definition) is 0. The predicted octanol–water partition coefficient (Wildman–Crippen LogP) is 3.77. The van der Waals surface area contributed by atoms with Gasteiger partial charge in [-0.05, 0) is 35.4 Å². The van der Waals surface area contributed by atoms with E-state index in [9.17, 15) is 0 Å². The average molecular weight is 172 g/mol. The van der Waals surface area contributed by atoms with E-state index in [1.807, 2.05) is 0 Å². The molecular weight excluding hydrogens is 156 g/mol. The van der Waals surface area contributed by atoms with E-state index in [1.165, 1.54) is 29.5 Å². The second-order valence-electron chi connectivity index (χ2n) is 4.05. The van der Waals surface area contributed by atoms with E-state index in [0.29, 0.717) is 5.92 Å². The van der Waals surface area contributed by atoms with Crippen LogP contribution in [0.25, 0.3) is 6.08 Å². The lowest BCUT2D eigenvalue weighted by Gasteiger charge is -2.13. The fourth-order valence-electron chi connectivity index (χ4n) is 1.81. The predicted molar refractivity (Wildman–Crippen MR) is 57.9 cm³/mol. The molecule has 0 bridgehead atoms. The first-order valence-electron chi connectivity index (χ1n) is 5.07. The molecule has 0 heteroatoms. The number of aryl methyl sites for hydroxylation is 1. The van der Waals surface area contributed by atoms with Gasteiger partial charge in [0.25, 0.3) is 0 Å². The summed E-state index contributed by atoms with van der Waals surface area (Å²) in [5.74, 6) is 0.649. The van der Waals surface area contributed by atoms with E-state index >= 15 is 0 Å². The number of rotatable bonds is 1. The molecule has 0 unspecified atom stereocenters. The lowest BCUT2D eigenvalue weighted by molar-refractivity contribution is 0.858. The zero-order chi connectivity index (χ0) is 9.26. The van der Waals surface area contributed by atoms with Crippen LogP contribution in [0, 0.1) is 0 Å². The monoisotopic (exact) mass is 172 g/mol. The van der Waals surface area contributed by atoms with Crippen molar-refractivity contribution < 1.29 is 0 Å². The zero-order valence-corrected chi connectivity index (χ0v) is 8.38. The molecule has 1 aliphatic rings. The molecule has 1 aromatic carbocycles. The van der Waals surface area contributed by atoms with Gasteiger partial charge >= 0.3 is 0 Å². The standard InChI is InChI=1S/C13H16/c1-10(2)12-8-7-11-5-3-4-6-13(11)9-12/h3,5,7-10H,4,6H2,1-2H3. The van der Waals surface area contributed by atoms with Crippen molar-refractivity contribution in [2.24, 2.45) is 0 Å². The van der Waals surface area contributed by atoms with Crippen LogP contribution in [-0.2, 0) is 6.42 Å². The molecule has 0 saturated heterocycles. The highest BCUT2D eigenvalue weighted by atomic mass is 14.1. The molecule has 0 atom stereocenters. The van der Waals surface area contributed by atoms with Crippen LogP contribution in [0.5, 0.6) is 0 Å². The zero-order valence-electron chi connectivity index (χ0n) is 8.38. The first-order valence-corrected chi connectivity index (χ1v) is 5.07. The summed E-state index contributed by atoms with van der Waals surface area (Å²) in [5.41, 5.74) is 4.40. The summed E-state index contributed by atoms with van der Waals surface area (Å²) in [6.07, 6.45) is 6.92. The number of hydrogen-bond donors (Lipinski definition) is 0. The first-order chi connectivity index (χ1) is 6.27. The van der Waals surface area contributed by atoms with Gasteiger partial charge in [-0.25, -0.2) is 0 Å². The summed E-state index contributed by atoms with van der Waals surface area (Å²) in [6.45, 7) is 4.50. The van der Waals surface area contributed by atoms with Gasteiger partial charge in [-0.1, -0.05) is 44.2 Å². The van der Waals surface area contributed by atoms with E-state index in [-0.39, 0.29) is 0 Å². The van der Waals surface area contributed by atoms with Gasteiger partial charge in [0.05, 0.1) is 0 Å². The Kier molecular flexibility index (Phi) is 2.22. The Labute approximate surface area is 80.3 Å². The van der Waals surface area contributed by atoms with Crippen molar-refractivity contribution in [3.05, 3.63) is 41.0 Å². The molecule has 68 valence electrons. The maximum atomic E-state index is 2.36. The SMILES string of the molecule is CC(C)c1ccc2c(c1)CCC=C2. The largest absolute Gasteiger partial charge is 0.0836 e. The molecule has 0 fully saturated rings. The van der Waals surface area contributed by atoms with Crippen LogP contribution in [-0.4, -0.2) is 0 Å². The van der Waals surface area contributed by atoms with Crippen LogP contribution in [0.15, 0.2) is 24.3 Å². The van der Waals surface area contributed by atoms with E-state index in [0.717, 1.165) is 0 Å². The Hall–Kier alpha value is -1.04. The van der Waals surface area contributed by atoms with Crippen LogP contribution in [0.4, 0.5) is 0 Å². The summed E-state index contributed by atoms with van der Waals surface area (Å²) < 4.78 is 0. The number of allylic oxidation sites excluding steroid dienone is 1. The molecule has 0 nitrogen and oxygen atoms in total.